The first kappa shape index (κ1) is 14.6. The molecule has 0 spiro atoms. The SMILES string of the molecule is C=C(C)CCOc1cc(OC)ccc1CC(C)N. The minimum atomic E-state index is 0.113. The van der Waals surface area contributed by atoms with Crippen LogP contribution in [0.4, 0.5) is 0 Å². The summed E-state index contributed by atoms with van der Waals surface area (Å²) in [5, 5.41) is 0. The zero-order valence-electron chi connectivity index (χ0n) is 11.5. The Balaban J connectivity index is 2.79. The summed E-state index contributed by atoms with van der Waals surface area (Å²) in [6, 6.07) is 5.97. The summed E-state index contributed by atoms with van der Waals surface area (Å²) in [5.41, 5.74) is 8.08. The fourth-order valence-corrected chi connectivity index (χ4v) is 1.65. The van der Waals surface area contributed by atoms with Crippen LogP contribution in [0.1, 0.15) is 25.8 Å². The second kappa shape index (κ2) is 7.07. The van der Waals surface area contributed by atoms with Crippen LogP contribution in [-0.2, 0) is 6.42 Å². The van der Waals surface area contributed by atoms with Crippen molar-refractivity contribution in [2.45, 2.75) is 32.7 Å². The van der Waals surface area contributed by atoms with Crippen molar-refractivity contribution in [2.24, 2.45) is 5.73 Å². The molecule has 0 aliphatic rings. The first-order valence-corrected chi connectivity index (χ1v) is 6.22. The van der Waals surface area contributed by atoms with Crippen LogP contribution >= 0.6 is 0 Å². The van der Waals surface area contributed by atoms with Gasteiger partial charge in [-0.15, -0.1) is 6.58 Å². The van der Waals surface area contributed by atoms with Gasteiger partial charge in [0.2, 0.25) is 0 Å². The highest BCUT2D eigenvalue weighted by molar-refractivity contribution is 5.41. The van der Waals surface area contributed by atoms with E-state index >= 15 is 0 Å². The summed E-state index contributed by atoms with van der Waals surface area (Å²) in [7, 11) is 1.65. The molecule has 0 radical (unpaired) electrons. The topological polar surface area (TPSA) is 44.5 Å². The Morgan fingerprint density at radius 2 is 2.17 bits per heavy atom. The lowest BCUT2D eigenvalue weighted by atomic mass is 10.1. The number of hydrogen-bond donors (Lipinski definition) is 1. The Morgan fingerprint density at radius 3 is 2.72 bits per heavy atom. The molecule has 1 aromatic carbocycles. The number of hydrogen-bond acceptors (Lipinski definition) is 3. The van der Waals surface area contributed by atoms with E-state index in [0.717, 1.165) is 35.5 Å². The fourth-order valence-electron chi connectivity index (χ4n) is 1.65. The van der Waals surface area contributed by atoms with Crippen molar-refractivity contribution in [3.05, 3.63) is 35.9 Å². The highest BCUT2D eigenvalue weighted by Crippen LogP contribution is 2.26. The van der Waals surface area contributed by atoms with Gasteiger partial charge in [0.25, 0.3) is 0 Å². The quantitative estimate of drug-likeness (QED) is 0.756. The minimum absolute atomic E-state index is 0.113. The fraction of sp³-hybridized carbons (Fsp3) is 0.467. The van der Waals surface area contributed by atoms with Crippen molar-refractivity contribution in [2.75, 3.05) is 13.7 Å². The predicted octanol–water partition coefficient (Wildman–Crippen LogP) is 2.93. The van der Waals surface area contributed by atoms with Crippen molar-refractivity contribution >= 4 is 0 Å². The van der Waals surface area contributed by atoms with Crippen LogP contribution in [0.3, 0.4) is 0 Å². The number of ether oxygens (including phenoxy) is 2. The van der Waals surface area contributed by atoms with Crippen LogP contribution in [0.2, 0.25) is 0 Å². The van der Waals surface area contributed by atoms with Gasteiger partial charge >= 0.3 is 0 Å². The normalized spacial score (nSPS) is 12.0. The van der Waals surface area contributed by atoms with Gasteiger partial charge in [0.1, 0.15) is 11.5 Å². The van der Waals surface area contributed by atoms with Crippen molar-refractivity contribution < 1.29 is 9.47 Å². The van der Waals surface area contributed by atoms with Gasteiger partial charge in [-0.25, -0.2) is 0 Å². The summed E-state index contributed by atoms with van der Waals surface area (Å²) in [5.74, 6) is 1.65. The zero-order valence-corrected chi connectivity index (χ0v) is 11.5. The Morgan fingerprint density at radius 1 is 1.44 bits per heavy atom. The Bertz CT molecular complexity index is 399. The highest BCUT2D eigenvalue weighted by Gasteiger charge is 2.08. The largest absolute Gasteiger partial charge is 0.497 e. The summed E-state index contributed by atoms with van der Waals surface area (Å²) in [6.07, 6.45) is 1.65. The lowest BCUT2D eigenvalue weighted by molar-refractivity contribution is 0.315. The molecule has 0 saturated heterocycles. The lowest BCUT2D eigenvalue weighted by Crippen LogP contribution is -2.18. The molecule has 0 bridgehead atoms. The van der Waals surface area contributed by atoms with Crippen LogP contribution in [0.25, 0.3) is 0 Å². The Labute approximate surface area is 110 Å². The van der Waals surface area contributed by atoms with Crippen LogP contribution in [0.15, 0.2) is 30.4 Å². The lowest BCUT2D eigenvalue weighted by Gasteiger charge is -2.14. The van der Waals surface area contributed by atoms with Gasteiger partial charge in [-0.3, -0.25) is 0 Å². The Hall–Kier alpha value is -1.48. The van der Waals surface area contributed by atoms with Crippen LogP contribution in [-0.4, -0.2) is 19.8 Å². The Kier molecular flexibility index (Phi) is 5.72. The van der Waals surface area contributed by atoms with Gasteiger partial charge < -0.3 is 15.2 Å². The van der Waals surface area contributed by atoms with Crippen molar-refractivity contribution in [1.82, 2.24) is 0 Å². The van der Waals surface area contributed by atoms with E-state index in [4.69, 9.17) is 15.2 Å². The first-order chi connectivity index (χ1) is 8.52. The first-order valence-electron chi connectivity index (χ1n) is 6.22. The molecule has 0 saturated carbocycles. The summed E-state index contributed by atoms with van der Waals surface area (Å²) in [4.78, 5) is 0. The molecule has 1 atom stereocenters. The van der Waals surface area contributed by atoms with Gasteiger partial charge in [-0.2, -0.15) is 0 Å². The summed E-state index contributed by atoms with van der Waals surface area (Å²) >= 11 is 0. The van der Waals surface area contributed by atoms with Crippen molar-refractivity contribution in [1.29, 1.82) is 0 Å². The monoisotopic (exact) mass is 249 g/mol. The van der Waals surface area contributed by atoms with E-state index in [1.54, 1.807) is 7.11 Å². The van der Waals surface area contributed by atoms with E-state index in [9.17, 15) is 0 Å². The molecule has 1 rings (SSSR count). The van der Waals surface area contributed by atoms with E-state index in [0.29, 0.717) is 6.61 Å². The van der Waals surface area contributed by atoms with Gasteiger partial charge in [0.05, 0.1) is 13.7 Å². The average Bonchev–Trinajstić information content (AvgIpc) is 2.30. The van der Waals surface area contributed by atoms with Crippen LogP contribution in [0.5, 0.6) is 11.5 Å². The van der Waals surface area contributed by atoms with E-state index < -0.39 is 0 Å². The average molecular weight is 249 g/mol. The molecule has 0 fully saturated rings. The van der Waals surface area contributed by atoms with Crippen LogP contribution in [0, 0.1) is 0 Å². The number of nitrogens with two attached hydrogens (primary N) is 1. The molecule has 3 heteroatoms. The molecule has 18 heavy (non-hydrogen) atoms. The molecule has 0 aliphatic carbocycles. The standard InChI is InChI=1S/C15H23NO2/c1-11(2)7-8-18-15-10-14(17-4)6-5-13(15)9-12(3)16/h5-6,10,12H,1,7-9,16H2,2-4H3. The summed E-state index contributed by atoms with van der Waals surface area (Å²) < 4.78 is 11.0. The summed E-state index contributed by atoms with van der Waals surface area (Å²) in [6.45, 7) is 8.49. The van der Waals surface area contributed by atoms with Crippen molar-refractivity contribution in [3.63, 3.8) is 0 Å². The molecule has 1 unspecified atom stereocenters. The zero-order chi connectivity index (χ0) is 13.5. The van der Waals surface area contributed by atoms with Gasteiger partial charge in [-0.05, 0) is 31.9 Å². The van der Waals surface area contributed by atoms with E-state index in [1.807, 2.05) is 32.0 Å². The second-order valence-electron chi connectivity index (χ2n) is 4.71. The van der Waals surface area contributed by atoms with Crippen molar-refractivity contribution in [3.8, 4) is 11.5 Å². The molecule has 0 amide bonds. The molecule has 0 aromatic heterocycles. The molecule has 100 valence electrons. The maximum absolute atomic E-state index is 5.84. The number of methoxy groups -OCH3 is 1. The van der Waals surface area contributed by atoms with E-state index in [1.165, 1.54) is 0 Å². The molecular formula is C15H23NO2. The van der Waals surface area contributed by atoms with Gasteiger partial charge in [0.15, 0.2) is 0 Å². The highest BCUT2D eigenvalue weighted by atomic mass is 16.5. The molecule has 1 aromatic rings. The third-order valence-electron chi connectivity index (χ3n) is 2.60. The maximum Gasteiger partial charge on any atom is 0.126 e. The molecule has 3 nitrogen and oxygen atoms in total. The smallest absolute Gasteiger partial charge is 0.126 e. The van der Waals surface area contributed by atoms with Gasteiger partial charge in [0, 0.05) is 18.5 Å². The predicted molar refractivity (Wildman–Crippen MR) is 75.3 cm³/mol. The minimum Gasteiger partial charge on any atom is -0.497 e. The number of benzene rings is 1. The molecular weight excluding hydrogens is 226 g/mol. The molecule has 2 N–H and O–H groups in total. The third-order valence-corrected chi connectivity index (χ3v) is 2.60. The number of rotatable bonds is 7. The van der Waals surface area contributed by atoms with E-state index in [-0.39, 0.29) is 6.04 Å². The van der Waals surface area contributed by atoms with E-state index in [2.05, 4.69) is 6.58 Å². The van der Waals surface area contributed by atoms with Gasteiger partial charge in [-0.1, -0.05) is 11.6 Å². The molecule has 0 heterocycles. The molecule has 0 aliphatic heterocycles. The van der Waals surface area contributed by atoms with Crippen LogP contribution < -0.4 is 15.2 Å². The maximum atomic E-state index is 5.84. The second-order valence-corrected chi connectivity index (χ2v) is 4.71. The third kappa shape index (κ3) is 4.80.